The molecule has 1 N–H and O–H groups in total. The van der Waals surface area contributed by atoms with Crippen molar-refractivity contribution in [2.24, 2.45) is 0 Å². The van der Waals surface area contributed by atoms with Crippen molar-refractivity contribution < 1.29 is 14.7 Å². The van der Waals surface area contributed by atoms with Crippen LogP contribution in [0.1, 0.15) is 13.3 Å². The predicted molar refractivity (Wildman–Crippen MR) is 91.8 cm³/mol. The van der Waals surface area contributed by atoms with E-state index >= 15 is 0 Å². The minimum absolute atomic E-state index is 0.00220. The van der Waals surface area contributed by atoms with Crippen LogP contribution in [0.4, 0.5) is 0 Å². The van der Waals surface area contributed by atoms with Gasteiger partial charge >= 0.3 is 5.97 Å². The number of carbonyl (C=O) groups excluding carboxylic acids is 1. The number of hydrogen-bond acceptors (Lipinski definition) is 4. The zero-order chi connectivity index (χ0) is 16.1. The Morgan fingerprint density at radius 1 is 1.50 bits per heavy atom. The van der Waals surface area contributed by atoms with Crippen molar-refractivity contribution >= 4 is 47.0 Å². The summed E-state index contributed by atoms with van der Waals surface area (Å²) in [7, 11) is 0. The quantitative estimate of drug-likeness (QED) is 0.818. The van der Waals surface area contributed by atoms with Crippen LogP contribution in [-0.4, -0.2) is 51.2 Å². The number of nitrogens with zero attached hydrogens (tertiary/aromatic N) is 1. The van der Waals surface area contributed by atoms with Crippen molar-refractivity contribution in [3.05, 3.63) is 29.3 Å². The number of carboxylic acid groups (broad SMARTS) is 1. The highest BCUT2D eigenvalue weighted by Crippen LogP contribution is 2.32. The van der Waals surface area contributed by atoms with Crippen molar-refractivity contribution in [1.29, 1.82) is 0 Å². The summed E-state index contributed by atoms with van der Waals surface area (Å²) in [6.45, 7) is 2.45. The van der Waals surface area contributed by atoms with E-state index in [1.165, 1.54) is 11.8 Å². The topological polar surface area (TPSA) is 57.6 Å². The van der Waals surface area contributed by atoms with Crippen LogP contribution in [0.25, 0.3) is 0 Å². The summed E-state index contributed by atoms with van der Waals surface area (Å²) < 4.78 is 0. The first-order valence-corrected chi connectivity index (χ1v) is 9.41. The molecule has 2 rings (SSSR count). The molecule has 0 aliphatic carbocycles. The van der Waals surface area contributed by atoms with Gasteiger partial charge in [0.1, 0.15) is 0 Å². The number of halogens is 1. The van der Waals surface area contributed by atoms with Gasteiger partial charge in [-0.2, -0.15) is 11.8 Å². The first kappa shape index (κ1) is 17.5. The Labute approximate surface area is 143 Å². The van der Waals surface area contributed by atoms with Crippen LogP contribution in [0, 0.1) is 0 Å². The number of benzene rings is 1. The number of aliphatic carboxylic acids is 1. The number of amides is 1. The van der Waals surface area contributed by atoms with Crippen molar-refractivity contribution in [3.63, 3.8) is 0 Å². The second kappa shape index (κ2) is 8.13. The molecule has 0 aromatic heterocycles. The Balaban J connectivity index is 2.04. The summed E-state index contributed by atoms with van der Waals surface area (Å²) in [5.41, 5.74) is 0. The number of carboxylic acids is 1. The van der Waals surface area contributed by atoms with Crippen molar-refractivity contribution in [1.82, 2.24) is 4.90 Å². The van der Waals surface area contributed by atoms with Crippen molar-refractivity contribution in [2.45, 2.75) is 29.5 Å². The highest BCUT2D eigenvalue weighted by atomic mass is 35.5. The minimum atomic E-state index is -0.864. The van der Waals surface area contributed by atoms with E-state index in [1.54, 1.807) is 22.7 Å². The second-order valence-electron chi connectivity index (χ2n) is 5.05. The van der Waals surface area contributed by atoms with Crippen LogP contribution < -0.4 is 0 Å². The van der Waals surface area contributed by atoms with Crippen LogP contribution in [-0.2, 0) is 9.59 Å². The summed E-state index contributed by atoms with van der Waals surface area (Å²) >= 11 is 9.24. The summed E-state index contributed by atoms with van der Waals surface area (Å²) in [6.07, 6.45) is 0.00220. The minimum Gasteiger partial charge on any atom is -0.481 e. The summed E-state index contributed by atoms with van der Waals surface area (Å²) in [6, 6.07) is 7.20. The summed E-state index contributed by atoms with van der Waals surface area (Å²) in [4.78, 5) is 26.2. The van der Waals surface area contributed by atoms with Gasteiger partial charge in [0.2, 0.25) is 5.91 Å². The lowest BCUT2D eigenvalue weighted by Gasteiger charge is -2.36. The normalized spacial score (nSPS) is 19.7. The lowest BCUT2D eigenvalue weighted by molar-refractivity contribution is -0.140. The largest absolute Gasteiger partial charge is 0.481 e. The van der Waals surface area contributed by atoms with E-state index in [1.807, 2.05) is 25.1 Å². The average Bonchev–Trinajstić information content (AvgIpc) is 2.49. The number of carbonyl (C=O) groups is 2. The third-order valence-electron chi connectivity index (χ3n) is 3.41. The molecule has 2 atom stereocenters. The van der Waals surface area contributed by atoms with Crippen LogP contribution in [0.15, 0.2) is 29.2 Å². The van der Waals surface area contributed by atoms with Gasteiger partial charge in [0.05, 0.1) is 22.7 Å². The molecule has 2 unspecified atom stereocenters. The van der Waals surface area contributed by atoms with Gasteiger partial charge in [0.15, 0.2) is 0 Å². The molecule has 1 aliphatic heterocycles. The van der Waals surface area contributed by atoms with Gasteiger partial charge in [-0.15, -0.1) is 11.8 Å². The molecule has 1 fully saturated rings. The van der Waals surface area contributed by atoms with E-state index in [0.29, 0.717) is 17.3 Å². The zero-order valence-corrected chi connectivity index (χ0v) is 14.6. The zero-order valence-electron chi connectivity index (χ0n) is 12.2. The Bertz CT molecular complexity index is 555. The van der Waals surface area contributed by atoms with Gasteiger partial charge in [-0.25, -0.2) is 0 Å². The Kier molecular flexibility index (Phi) is 6.47. The van der Waals surface area contributed by atoms with E-state index in [9.17, 15) is 9.59 Å². The lowest BCUT2D eigenvalue weighted by Crippen LogP contribution is -2.49. The fraction of sp³-hybridized carbons (Fsp3) is 0.467. The van der Waals surface area contributed by atoms with E-state index in [0.717, 1.165) is 10.6 Å². The fourth-order valence-corrected chi connectivity index (χ4v) is 4.62. The molecule has 1 aromatic carbocycles. The Morgan fingerprint density at radius 3 is 2.91 bits per heavy atom. The van der Waals surface area contributed by atoms with Gasteiger partial charge < -0.3 is 10.0 Å². The third-order valence-corrected chi connectivity index (χ3v) is 6.11. The molecule has 1 amide bonds. The van der Waals surface area contributed by atoms with Gasteiger partial charge in [0.25, 0.3) is 0 Å². The van der Waals surface area contributed by atoms with Crippen LogP contribution in [0.3, 0.4) is 0 Å². The van der Waals surface area contributed by atoms with Gasteiger partial charge in [0, 0.05) is 22.9 Å². The molecule has 0 bridgehead atoms. The Hall–Kier alpha value is -0.850. The lowest BCUT2D eigenvalue weighted by atomic mass is 10.2. The smallest absolute Gasteiger partial charge is 0.305 e. The predicted octanol–water partition coefficient (Wildman–Crippen LogP) is 3.24. The maximum Gasteiger partial charge on any atom is 0.305 e. The van der Waals surface area contributed by atoms with E-state index in [2.05, 4.69) is 0 Å². The van der Waals surface area contributed by atoms with Crippen molar-refractivity contribution in [2.75, 3.05) is 18.1 Å². The SMILES string of the molecule is CC(Sc1ccccc1Cl)C(=O)N1CCSCC1CC(=O)O. The molecule has 0 radical (unpaired) electrons. The average molecular weight is 360 g/mol. The number of thioether (sulfide) groups is 2. The first-order chi connectivity index (χ1) is 10.5. The van der Waals surface area contributed by atoms with Crippen molar-refractivity contribution in [3.8, 4) is 0 Å². The van der Waals surface area contributed by atoms with E-state index < -0.39 is 5.97 Å². The molecule has 1 aromatic rings. The Morgan fingerprint density at radius 2 is 2.23 bits per heavy atom. The monoisotopic (exact) mass is 359 g/mol. The molecular formula is C15H18ClNO3S2. The summed E-state index contributed by atoms with van der Waals surface area (Å²) in [5.74, 6) is 0.653. The molecular weight excluding hydrogens is 342 g/mol. The maximum absolute atomic E-state index is 12.7. The maximum atomic E-state index is 12.7. The molecule has 22 heavy (non-hydrogen) atoms. The molecule has 120 valence electrons. The number of hydrogen-bond donors (Lipinski definition) is 1. The summed E-state index contributed by atoms with van der Waals surface area (Å²) in [5, 5.41) is 9.34. The van der Waals surface area contributed by atoms with Gasteiger partial charge in [-0.3, -0.25) is 9.59 Å². The second-order valence-corrected chi connectivity index (χ2v) is 7.99. The van der Waals surface area contributed by atoms with Crippen LogP contribution >= 0.6 is 35.1 Å². The highest BCUT2D eigenvalue weighted by Gasteiger charge is 2.31. The molecule has 0 saturated carbocycles. The third kappa shape index (κ3) is 4.57. The van der Waals surface area contributed by atoms with E-state index in [-0.39, 0.29) is 23.6 Å². The molecule has 0 spiro atoms. The first-order valence-electron chi connectivity index (χ1n) is 7.00. The molecule has 7 heteroatoms. The van der Waals surface area contributed by atoms with Crippen LogP contribution in [0.2, 0.25) is 5.02 Å². The number of rotatable bonds is 5. The molecule has 1 heterocycles. The fourth-order valence-electron chi connectivity index (χ4n) is 2.33. The molecule has 1 saturated heterocycles. The molecule has 1 aliphatic rings. The standard InChI is InChI=1S/C15H18ClNO3S2/c1-10(22-13-5-3-2-4-12(13)16)15(20)17-6-7-21-9-11(17)8-14(18)19/h2-5,10-11H,6-9H2,1H3,(H,18,19). The van der Waals surface area contributed by atoms with Gasteiger partial charge in [-0.05, 0) is 19.1 Å². The van der Waals surface area contributed by atoms with E-state index in [4.69, 9.17) is 16.7 Å². The molecule has 4 nitrogen and oxygen atoms in total. The van der Waals surface area contributed by atoms with Crippen LogP contribution in [0.5, 0.6) is 0 Å². The highest BCUT2D eigenvalue weighted by molar-refractivity contribution is 8.00. The van der Waals surface area contributed by atoms with Gasteiger partial charge in [-0.1, -0.05) is 23.7 Å².